The van der Waals surface area contributed by atoms with Crippen LogP contribution in [0.5, 0.6) is 5.75 Å². The monoisotopic (exact) mass is 531 g/mol. The number of pyridine rings is 2. The number of anilines is 3. The molecule has 0 unspecified atom stereocenters. The van der Waals surface area contributed by atoms with E-state index in [1.54, 1.807) is 24.5 Å². The SMILES string of the molecule is CC(C)(C)OC(=O)NC1CCN(c2cc(Nc3cc(OC(F)(F)F)ccn3)nc(-c3cccnc3)n2)CC1. The van der Waals surface area contributed by atoms with Gasteiger partial charge in [0.1, 0.15) is 28.8 Å². The Morgan fingerprint density at radius 2 is 1.82 bits per heavy atom. The third-order valence-corrected chi connectivity index (χ3v) is 5.39. The minimum absolute atomic E-state index is 0.0427. The largest absolute Gasteiger partial charge is 0.573 e. The Labute approximate surface area is 217 Å². The van der Waals surface area contributed by atoms with E-state index in [2.05, 4.69) is 35.2 Å². The number of halogens is 3. The van der Waals surface area contributed by atoms with Crippen LogP contribution in [0.1, 0.15) is 33.6 Å². The van der Waals surface area contributed by atoms with E-state index in [-0.39, 0.29) is 11.9 Å². The molecule has 0 saturated carbocycles. The number of amides is 1. The number of ether oxygens (including phenoxy) is 2. The summed E-state index contributed by atoms with van der Waals surface area (Å²) in [7, 11) is 0. The molecule has 3 aromatic rings. The van der Waals surface area contributed by atoms with Gasteiger partial charge in [-0.2, -0.15) is 0 Å². The van der Waals surface area contributed by atoms with Crippen molar-refractivity contribution in [3.63, 3.8) is 0 Å². The van der Waals surface area contributed by atoms with Crippen molar-refractivity contribution in [2.75, 3.05) is 23.3 Å². The fourth-order valence-electron chi connectivity index (χ4n) is 3.82. The molecule has 0 aromatic carbocycles. The Morgan fingerprint density at radius 1 is 1.05 bits per heavy atom. The number of carbonyl (C=O) groups excluding carboxylic acids is 1. The van der Waals surface area contributed by atoms with Crippen LogP contribution in [0.4, 0.5) is 35.4 Å². The lowest BCUT2D eigenvalue weighted by Gasteiger charge is -2.33. The number of rotatable bonds is 6. The van der Waals surface area contributed by atoms with Gasteiger partial charge < -0.3 is 25.0 Å². The van der Waals surface area contributed by atoms with Crippen LogP contribution in [0.2, 0.25) is 0 Å². The lowest BCUT2D eigenvalue weighted by molar-refractivity contribution is -0.274. The Bertz CT molecular complexity index is 1240. The van der Waals surface area contributed by atoms with Crippen LogP contribution < -0.4 is 20.3 Å². The van der Waals surface area contributed by atoms with Crippen molar-refractivity contribution < 1.29 is 27.4 Å². The third kappa shape index (κ3) is 7.92. The van der Waals surface area contributed by atoms with Gasteiger partial charge in [0.15, 0.2) is 5.82 Å². The van der Waals surface area contributed by atoms with Gasteiger partial charge in [-0.25, -0.2) is 19.7 Å². The van der Waals surface area contributed by atoms with Gasteiger partial charge in [-0.1, -0.05) is 0 Å². The van der Waals surface area contributed by atoms with Crippen LogP contribution in [-0.4, -0.2) is 57.1 Å². The fourth-order valence-corrected chi connectivity index (χ4v) is 3.82. The zero-order valence-electron chi connectivity index (χ0n) is 21.1. The van der Waals surface area contributed by atoms with Crippen molar-refractivity contribution in [1.82, 2.24) is 25.3 Å². The molecule has 0 aliphatic carbocycles. The molecule has 38 heavy (non-hydrogen) atoms. The summed E-state index contributed by atoms with van der Waals surface area (Å²) in [6.45, 7) is 6.65. The summed E-state index contributed by atoms with van der Waals surface area (Å²) in [5.41, 5.74) is 0.0893. The lowest BCUT2D eigenvalue weighted by Crippen LogP contribution is -2.46. The summed E-state index contributed by atoms with van der Waals surface area (Å²) < 4.78 is 47.3. The first-order valence-electron chi connectivity index (χ1n) is 12.0. The first-order chi connectivity index (χ1) is 17.9. The summed E-state index contributed by atoms with van der Waals surface area (Å²) >= 11 is 0. The smallest absolute Gasteiger partial charge is 0.444 e. The molecule has 1 fully saturated rings. The minimum Gasteiger partial charge on any atom is -0.444 e. The molecule has 4 heterocycles. The Morgan fingerprint density at radius 3 is 2.47 bits per heavy atom. The molecule has 2 N–H and O–H groups in total. The maximum Gasteiger partial charge on any atom is 0.573 e. The van der Waals surface area contributed by atoms with Crippen molar-refractivity contribution in [2.45, 2.75) is 51.6 Å². The van der Waals surface area contributed by atoms with Gasteiger partial charge in [0.25, 0.3) is 0 Å². The molecule has 1 amide bonds. The molecule has 0 bridgehead atoms. The summed E-state index contributed by atoms with van der Waals surface area (Å²) in [4.78, 5) is 31.6. The Kier molecular flexibility index (Phi) is 7.83. The highest BCUT2D eigenvalue weighted by molar-refractivity contribution is 5.68. The molecule has 1 saturated heterocycles. The van der Waals surface area contributed by atoms with Gasteiger partial charge in [0, 0.05) is 55.4 Å². The summed E-state index contributed by atoms with van der Waals surface area (Å²) in [5, 5.41) is 5.85. The number of nitrogens with zero attached hydrogens (tertiary/aromatic N) is 5. The molecule has 10 nitrogen and oxygen atoms in total. The lowest BCUT2D eigenvalue weighted by atomic mass is 10.1. The standard InChI is InChI=1S/C25H28F3N7O3/c1-24(2,3)38-23(36)31-17-7-11-35(12-8-17)21-14-20(33-22(34-21)16-5-4-9-29-15-16)32-19-13-18(6-10-30-19)37-25(26,27)28/h4-6,9-10,13-15,17H,7-8,11-12H2,1-3H3,(H,31,36)(H,30,32,33,34). The van der Waals surface area contributed by atoms with E-state index in [4.69, 9.17) is 9.72 Å². The van der Waals surface area contributed by atoms with Gasteiger partial charge in [-0.3, -0.25) is 4.98 Å². The number of piperidine rings is 1. The van der Waals surface area contributed by atoms with Gasteiger partial charge >= 0.3 is 12.5 Å². The van der Waals surface area contributed by atoms with E-state index in [1.165, 1.54) is 6.20 Å². The molecule has 202 valence electrons. The predicted molar refractivity (Wildman–Crippen MR) is 134 cm³/mol. The second-order valence-electron chi connectivity index (χ2n) is 9.63. The average Bonchev–Trinajstić information content (AvgIpc) is 2.83. The fraction of sp³-hybridized carbons (Fsp3) is 0.400. The minimum atomic E-state index is -4.82. The Balaban J connectivity index is 1.52. The van der Waals surface area contributed by atoms with Crippen LogP contribution in [0.25, 0.3) is 11.4 Å². The van der Waals surface area contributed by atoms with Crippen molar-refractivity contribution in [3.8, 4) is 17.1 Å². The van der Waals surface area contributed by atoms with Gasteiger partial charge in [0.2, 0.25) is 0 Å². The first kappa shape index (κ1) is 26.9. The van der Waals surface area contributed by atoms with Crippen LogP contribution in [-0.2, 0) is 4.74 Å². The summed E-state index contributed by atoms with van der Waals surface area (Å²) in [5.74, 6) is 1.04. The number of hydrogen-bond donors (Lipinski definition) is 2. The van der Waals surface area contributed by atoms with E-state index >= 15 is 0 Å². The van der Waals surface area contributed by atoms with Crippen LogP contribution >= 0.6 is 0 Å². The highest BCUT2D eigenvalue weighted by atomic mass is 19.4. The molecule has 1 aliphatic rings. The zero-order chi connectivity index (χ0) is 27.3. The zero-order valence-corrected chi connectivity index (χ0v) is 21.1. The highest BCUT2D eigenvalue weighted by Gasteiger charge is 2.31. The topological polar surface area (TPSA) is 114 Å². The molecule has 0 radical (unpaired) electrons. The van der Waals surface area contributed by atoms with Crippen molar-refractivity contribution in [1.29, 1.82) is 0 Å². The second-order valence-corrected chi connectivity index (χ2v) is 9.63. The summed E-state index contributed by atoms with van der Waals surface area (Å²) in [6.07, 6.45) is 0.530. The van der Waals surface area contributed by atoms with E-state index in [0.29, 0.717) is 49.0 Å². The van der Waals surface area contributed by atoms with E-state index in [9.17, 15) is 18.0 Å². The number of alkyl carbamates (subject to hydrolysis) is 1. The van der Waals surface area contributed by atoms with Gasteiger partial charge in [-0.05, 0) is 51.8 Å². The summed E-state index contributed by atoms with van der Waals surface area (Å²) in [6, 6.07) is 7.46. The van der Waals surface area contributed by atoms with E-state index in [0.717, 1.165) is 12.1 Å². The maximum absolute atomic E-state index is 12.6. The van der Waals surface area contributed by atoms with Gasteiger partial charge in [0.05, 0.1) is 0 Å². The number of alkyl halides is 3. The van der Waals surface area contributed by atoms with Crippen molar-refractivity contribution in [3.05, 3.63) is 48.9 Å². The average molecular weight is 532 g/mol. The molecule has 3 aromatic heterocycles. The van der Waals surface area contributed by atoms with E-state index in [1.807, 2.05) is 26.8 Å². The highest BCUT2D eigenvalue weighted by Crippen LogP contribution is 2.28. The molecule has 13 heteroatoms. The quantitative estimate of drug-likeness (QED) is 0.450. The maximum atomic E-state index is 12.6. The molecule has 0 spiro atoms. The Hall–Kier alpha value is -4.16. The van der Waals surface area contributed by atoms with Crippen LogP contribution in [0, 0.1) is 0 Å². The van der Waals surface area contributed by atoms with Crippen molar-refractivity contribution in [2.24, 2.45) is 0 Å². The van der Waals surface area contributed by atoms with E-state index < -0.39 is 23.8 Å². The number of aromatic nitrogens is 4. The van der Waals surface area contributed by atoms with Crippen molar-refractivity contribution >= 4 is 23.5 Å². The second kappa shape index (κ2) is 11.1. The predicted octanol–water partition coefficient (Wildman–Crippen LogP) is 5.07. The molecule has 4 rings (SSSR count). The molecule has 1 aliphatic heterocycles. The number of carbonyl (C=O) groups is 1. The number of nitrogens with one attached hydrogen (secondary N) is 2. The number of hydrogen-bond acceptors (Lipinski definition) is 9. The van der Waals surface area contributed by atoms with Crippen LogP contribution in [0.3, 0.4) is 0 Å². The third-order valence-electron chi connectivity index (χ3n) is 5.39. The molecular weight excluding hydrogens is 503 g/mol. The van der Waals surface area contributed by atoms with Crippen LogP contribution in [0.15, 0.2) is 48.9 Å². The first-order valence-corrected chi connectivity index (χ1v) is 12.0. The normalized spacial score (nSPS) is 14.6. The molecule has 0 atom stereocenters. The molecular formula is C25H28F3N7O3. The van der Waals surface area contributed by atoms with Gasteiger partial charge in [-0.15, -0.1) is 13.2 Å².